The minimum Gasteiger partial charge on any atom is -0.455 e. The number of nitrogens with zero attached hydrogens (tertiary/aromatic N) is 1. The van der Waals surface area contributed by atoms with Gasteiger partial charge in [0.2, 0.25) is 0 Å². The first-order valence-corrected chi connectivity index (χ1v) is 8.08. The Balaban J connectivity index is 1.71. The molecule has 0 fully saturated rings. The second-order valence-electron chi connectivity index (χ2n) is 6.40. The molecule has 1 aromatic carbocycles. The first kappa shape index (κ1) is 14.8. The molecule has 0 atom stereocenters. The van der Waals surface area contributed by atoms with Crippen LogP contribution >= 0.6 is 0 Å². The van der Waals surface area contributed by atoms with Crippen LogP contribution in [-0.2, 0) is 12.8 Å². The third kappa shape index (κ3) is 2.24. The molecular weight excluding hydrogens is 302 g/mol. The SMILES string of the molecule is Cc1ccc(C)c(NC(=O)c2oc3c(c2C)-c2[nH]ncc2CC3)c1. The number of carbonyl (C=O) groups is 1. The summed E-state index contributed by atoms with van der Waals surface area (Å²) in [5, 5.41) is 10.1. The number of nitrogens with one attached hydrogen (secondary N) is 2. The maximum Gasteiger partial charge on any atom is 0.291 e. The molecule has 0 spiro atoms. The Morgan fingerprint density at radius 1 is 1.25 bits per heavy atom. The fourth-order valence-electron chi connectivity index (χ4n) is 3.31. The standard InChI is InChI=1S/C19H19N3O2/c1-10-4-5-11(2)14(8-10)21-19(23)18-12(3)16-15(24-18)7-6-13-9-20-22-17(13)16/h4-5,8-9H,6-7H2,1-3H3,(H,20,22)(H,21,23). The van der Waals surface area contributed by atoms with Gasteiger partial charge in [0.1, 0.15) is 5.76 Å². The summed E-state index contributed by atoms with van der Waals surface area (Å²) >= 11 is 0. The summed E-state index contributed by atoms with van der Waals surface area (Å²) in [6, 6.07) is 6.00. The Bertz CT molecular complexity index is 950. The fourth-order valence-corrected chi connectivity index (χ4v) is 3.31. The van der Waals surface area contributed by atoms with Gasteiger partial charge < -0.3 is 9.73 Å². The summed E-state index contributed by atoms with van der Waals surface area (Å²) in [6.07, 6.45) is 3.52. The summed E-state index contributed by atoms with van der Waals surface area (Å²) in [6.45, 7) is 5.91. The number of aromatic amines is 1. The van der Waals surface area contributed by atoms with Crippen LogP contribution in [0.1, 0.15) is 38.6 Å². The molecule has 0 bridgehead atoms. The highest BCUT2D eigenvalue weighted by Gasteiger charge is 2.28. The van der Waals surface area contributed by atoms with Crippen molar-refractivity contribution in [2.45, 2.75) is 33.6 Å². The molecule has 1 aliphatic rings. The fraction of sp³-hybridized carbons (Fsp3) is 0.263. The molecule has 24 heavy (non-hydrogen) atoms. The van der Waals surface area contributed by atoms with Gasteiger partial charge in [-0.25, -0.2) is 0 Å². The lowest BCUT2D eigenvalue weighted by atomic mass is 9.93. The molecule has 0 saturated carbocycles. The highest BCUT2D eigenvalue weighted by molar-refractivity contribution is 6.05. The molecule has 5 heteroatoms. The van der Waals surface area contributed by atoms with Gasteiger partial charge in [0, 0.05) is 23.2 Å². The Morgan fingerprint density at radius 3 is 2.92 bits per heavy atom. The van der Waals surface area contributed by atoms with Crippen molar-refractivity contribution in [1.82, 2.24) is 10.2 Å². The van der Waals surface area contributed by atoms with Crippen LogP contribution in [0, 0.1) is 20.8 Å². The number of aromatic nitrogens is 2. The molecule has 0 saturated heterocycles. The van der Waals surface area contributed by atoms with Crippen molar-refractivity contribution >= 4 is 11.6 Å². The van der Waals surface area contributed by atoms with Crippen molar-refractivity contribution < 1.29 is 9.21 Å². The zero-order valence-electron chi connectivity index (χ0n) is 14.0. The molecule has 4 rings (SSSR count). The van der Waals surface area contributed by atoms with Crippen LogP contribution in [0.3, 0.4) is 0 Å². The van der Waals surface area contributed by atoms with Crippen molar-refractivity contribution in [3.8, 4) is 11.3 Å². The maximum atomic E-state index is 12.7. The zero-order chi connectivity index (χ0) is 16.8. The summed E-state index contributed by atoms with van der Waals surface area (Å²) in [7, 11) is 0. The Hall–Kier alpha value is -2.82. The van der Waals surface area contributed by atoms with Gasteiger partial charge in [-0.2, -0.15) is 5.10 Å². The van der Waals surface area contributed by atoms with Crippen LogP contribution in [0.4, 0.5) is 5.69 Å². The van der Waals surface area contributed by atoms with Gasteiger partial charge >= 0.3 is 0 Å². The molecular formula is C19H19N3O2. The van der Waals surface area contributed by atoms with Gasteiger partial charge in [-0.1, -0.05) is 12.1 Å². The van der Waals surface area contributed by atoms with E-state index < -0.39 is 0 Å². The molecule has 0 radical (unpaired) electrons. The quantitative estimate of drug-likeness (QED) is 0.751. The lowest BCUT2D eigenvalue weighted by Gasteiger charge is -2.09. The second-order valence-corrected chi connectivity index (χ2v) is 6.40. The summed E-state index contributed by atoms with van der Waals surface area (Å²) in [4.78, 5) is 12.7. The van der Waals surface area contributed by atoms with Crippen molar-refractivity contribution in [3.63, 3.8) is 0 Å². The van der Waals surface area contributed by atoms with E-state index >= 15 is 0 Å². The number of aryl methyl sites for hydroxylation is 4. The maximum absolute atomic E-state index is 12.7. The van der Waals surface area contributed by atoms with Crippen LogP contribution in [0.15, 0.2) is 28.8 Å². The monoisotopic (exact) mass is 321 g/mol. The predicted octanol–water partition coefficient (Wildman–Crippen LogP) is 3.95. The number of H-pyrrole nitrogens is 1. The number of amides is 1. The topological polar surface area (TPSA) is 70.9 Å². The van der Waals surface area contributed by atoms with Gasteiger partial charge in [-0.05, 0) is 49.9 Å². The average Bonchev–Trinajstić information content (AvgIpc) is 3.15. The van der Waals surface area contributed by atoms with Crippen LogP contribution in [0.25, 0.3) is 11.3 Å². The van der Waals surface area contributed by atoms with Crippen LogP contribution in [-0.4, -0.2) is 16.1 Å². The van der Waals surface area contributed by atoms with E-state index in [2.05, 4.69) is 15.5 Å². The Kier molecular flexibility index (Phi) is 3.30. The minimum atomic E-state index is -0.211. The molecule has 1 amide bonds. The largest absolute Gasteiger partial charge is 0.455 e. The van der Waals surface area contributed by atoms with Crippen LogP contribution < -0.4 is 5.32 Å². The minimum absolute atomic E-state index is 0.211. The van der Waals surface area contributed by atoms with Crippen molar-refractivity contribution in [3.05, 3.63) is 58.2 Å². The molecule has 0 aliphatic heterocycles. The third-order valence-corrected chi connectivity index (χ3v) is 4.66. The van der Waals surface area contributed by atoms with E-state index in [-0.39, 0.29) is 5.91 Å². The molecule has 122 valence electrons. The van der Waals surface area contributed by atoms with E-state index in [1.807, 2.05) is 45.2 Å². The Labute approximate surface area is 140 Å². The van der Waals surface area contributed by atoms with E-state index in [9.17, 15) is 4.79 Å². The molecule has 2 N–H and O–H groups in total. The number of furan rings is 1. The summed E-state index contributed by atoms with van der Waals surface area (Å²) in [5.41, 5.74) is 6.94. The number of rotatable bonds is 2. The predicted molar refractivity (Wildman–Crippen MR) is 92.3 cm³/mol. The van der Waals surface area contributed by atoms with E-state index in [1.54, 1.807) is 0 Å². The van der Waals surface area contributed by atoms with E-state index in [0.29, 0.717) is 5.76 Å². The lowest BCUT2D eigenvalue weighted by molar-refractivity contribution is 0.0994. The van der Waals surface area contributed by atoms with Gasteiger partial charge in [0.05, 0.1) is 11.9 Å². The number of carbonyl (C=O) groups excluding carboxylic acids is 1. The Morgan fingerprint density at radius 2 is 2.08 bits per heavy atom. The molecule has 5 nitrogen and oxygen atoms in total. The highest BCUT2D eigenvalue weighted by atomic mass is 16.4. The van der Waals surface area contributed by atoms with Crippen molar-refractivity contribution in [2.24, 2.45) is 0 Å². The molecule has 3 aromatic rings. The normalized spacial score (nSPS) is 12.6. The highest BCUT2D eigenvalue weighted by Crippen LogP contribution is 2.38. The number of anilines is 1. The molecule has 2 heterocycles. The van der Waals surface area contributed by atoms with Crippen LogP contribution in [0.5, 0.6) is 0 Å². The average molecular weight is 321 g/mol. The zero-order valence-corrected chi connectivity index (χ0v) is 14.0. The molecule has 0 unspecified atom stereocenters. The van der Waals surface area contributed by atoms with Gasteiger partial charge in [-0.3, -0.25) is 9.89 Å². The lowest BCUT2D eigenvalue weighted by Crippen LogP contribution is -2.13. The summed E-state index contributed by atoms with van der Waals surface area (Å²) < 4.78 is 5.91. The van der Waals surface area contributed by atoms with Crippen molar-refractivity contribution in [2.75, 3.05) is 5.32 Å². The number of hydrogen-bond acceptors (Lipinski definition) is 3. The summed E-state index contributed by atoms with van der Waals surface area (Å²) in [5.74, 6) is 1.02. The first-order valence-electron chi connectivity index (χ1n) is 8.08. The second kappa shape index (κ2) is 5.37. The number of hydrogen-bond donors (Lipinski definition) is 2. The molecule has 2 aromatic heterocycles. The van der Waals surface area contributed by atoms with Crippen molar-refractivity contribution in [1.29, 1.82) is 0 Å². The van der Waals surface area contributed by atoms with E-state index in [1.165, 1.54) is 5.56 Å². The van der Waals surface area contributed by atoms with Gasteiger partial charge in [0.15, 0.2) is 5.76 Å². The van der Waals surface area contributed by atoms with E-state index in [0.717, 1.165) is 52.2 Å². The van der Waals surface area contributed by atoms with Gasteiger partial charge in [0.25, 0.3) is 5.91 Å². The van der Waals surface area contributed by atoms with Crippen LogP contribution in [0.2, 0.25) is 0 Å². The van der Waals surface area contributed by atoms with Gasteiger partial charge in [-0.15, -0.1) is 0 Å². The first-order chi connectivity index (χ1) is 11.5. The van der Waals surface area contributed by atoms with E-state index in [4.69, 9.17) is 4.42 Å². The molecule has 1 aliphatic carbocycles. The smallest absolute Gasteiger partial charge is 0.291 e. The number of fused-ring (bicyclic) bond motifs is 3. The number of benzene rings is 1. The third-order valence-electron chi connectivity index (χ3n) is 4.66.